The molecule has 2 aromatic heterocycles. The second kappa shape index (κ2) is 11.3. The van der Waals surface area contributed by atoms with Crippen LogP contribution < -0.4 is 31.8 Å². The molecule has 2 atom stereocenters. The molecule has 0 saturated carbocycles. The van der Waals surface area contributed by atoms with Gasteiger partial charge in [-0.15, -0.1) is 0 Å². The van der Waals surface area contributed by atoms with Gasteiger partial charge in [-0.2, -0.15) is 4.98 Å². The largest absolute Gasteiger partial charge is 0.416 e. The minimum absolute atomic E-state index is 0.0971. The van der Waals surface area contributed by atoms with E-state index in [-0.39, 0.29) is 11.5 Å². The molecule has 6 aromatic rings. The average Bonchev–Trinajstić information content (AvgIpc) is 3.53. The highest BCUT2D eigenvalue weighted by molar-refractivity contribution is 8.01. The summed E-state index contributed by atoms with van der Waals surface area (Å²) >= 11 is 0. The van der Waals surface area contributed by atoms with E-state index >= 15 is 0 Å². The summed E-state index contributed by atoms with van der Waals surface area (Å²) in [7, 11) is -2.52. The number of hydrogen-bond acceptors (Lipinski definition) is 4. The zero-order valence-corrected chi connectivity index (χ0v) is 26.2. The van der Waals surface area contributed by atoms with Gasteiger partial charge >= 0.3 is 0 Å². The van der Waals surface area contributed by atoms with Gasteiger partial charge in [0.05, 0.1) is 0 Å². The van der Waals surface area contributed by atoms with Crippen LogP contribution in [0.5, 0.6) is 0 Å². The lowest BCUT2D eigenvalue weighted by Gasteiger charge is -2.42. The van der Waals surface area contributed by atoms with Crippen molar-refractivity contribution in [2.45, 2.75) is 25.8 Å². The third kappa shape index (κ3) is 4.74. The highest BCUT2D eigenvalue weighted by atomic mass is 31.2. The first kappa shape index (κ1) is 27.8. The number of piperidine rings is 1. The summed E-state index contributed by atoms with van der Waals surface area (Å²) in [4.78, 5) is 20.8. The van der Waals surface area contributed by atoms with E-state index in [1.54, 1.807) is 6.07 Å². The molecule has 2 aliphatic rings. The van der Waals surface area contributed by atoms with Crippen molar-refractivity contribution in [1.29, 1.82) is 0 Å². The van der Waals surface area contributed by atoms with Crippen LogP contribution in [0.3, 0.4) is 0 Å². The van der Waals surface area contributed by atoms with Crippen LogP contribution in [-0.2, 0) is 6.54 Å². The van der Waals surface area contributed by atoms with Gasteiger partial charge in [-0.25, -0.2) is 0 Å². The molecule has 8 rings (SSSR count). The van der Waals surface area contributed by atoms with Crippen LogP contribution in [0, 0.1) is 12.8 Å². The summed E-state index contributed by atoms with van der Waals surface area (Å²) in [5, 5.41) is 3.71. The first-order valence-corrected chi connectivity index (χ1v) is 17.5. The standard InChI is InChI=1S/C39H35N3O2P/c1-28-20-22-30(23-21-28)37-40-38(39(44-37)41-25-29-24-31(27-41)35-18-11-19-36(43)42(35)26-29)45(32-12-5-2-6-13-32,33-14-7-3-8-15-33)34-16-9-4-10-17-34/h2-23,29,31H,24-27H2,1H3/q+1/t29?,31-/m0/s1. The van der Waals surface area contributed by atoms with Crippen LogP contribution in [0.1, 0.15) is 23.6 Å². The molecule has 1 saturated heterocycles. The van der Waals surface area contributed by atoms with Crippen molar-refractivity contribution in [3.63, 3.8) is 0 Å². The smallest absolute Gasteiger partial charge is 0.262 e. The molecule has 4 heterocycles. The van der Waals surface area contributed by atoms with Crippen LogP contribution in [0.4, 0.5) is 5.88 Å². The third-order valence-corrected chi connectivity index (χ3v) is 13.6. The second-order valence-corrected chi connectivity index (χ2v) is 15.6. The van der Waals surface area contributed by atoms with Gasteiger partial charge in [0, 0.05) is 42.9 Å². The van der Waals surface area contributed by atoms with Crippen molar-refractivity contribution < 1.29 is 4.42 Å². The number of hydrogen-bond donors (Lipinski definition) is 0. The molecule has 0 amide bonds. The number of anilines is 1. The molecule has 0 aliphatic carbocycles. The molecule has 4 aromatic carbocycles. The van der Waals surface area contributed by atoms with E-state index in [9.17, 15) is 4.79 Å². The average molecular weight is 609 g/mol. The molecule has 222 valence electrons. The molecule has 0 radical (unpaired) electrons. The maximum Gasteiger partial charge on any atom is 0.262 e. The summed E-state index contributed by atoms with van der Waals surface area (Å²) in [5.41, 5.74) is 4.38. The second-order valence-electron chi connectivity index (χ2n) is 12.3. The van der Waals surface area contributed by atoms with Crippen LogP contribution in [0.15, 0.2) is 143 Å². The van der Waals surface area contributed by atoms with Crippen molar-refractivity contribution >= 4 is 34.5 Å². The van der Waals surface area contributed by atoms with E-state index in [2.05, 4.69) is 133 Å². The van der Waals surface area contributed by atoms with Crippen molar-refractivity contribution in [2.75, 3.05) is 18.0 Å². The van der Waals surface area contributed by atoms with Crippen molar-refractivity contribution in [3.05, 3.63) is 155 Å². The van der Waals surface area contributed by atoms with E-state index in [0.717, 1.165) is 48.6 Å². The number of aryl methyl sites for hydroxylation is 1. The molecule has 5 nitrogen and oxygen atoms in total. The fourth-order valence-electron chi connectivity index (χ4n) is 7.38. The molecule has 1 unspecified atom stereocenters. The van der Waals surface area contributed by atoms with Crippen molar-refractivity contribution in [3.8, 4) is 11.5 Å². The predicted octanol–water partition coefficient (Wildman–Crippen LogP) is 6.05. The number of oxazole rings is 1. The Morgan fingerprint density at radius 3 is 1.89 bits per heavy atom. The zero-order chi connectivity index (χ0) is 30.4. The van der Waals surface area contributed by atoms with E-state index in [1.165, 1.54) is 21.5 Å². The highest BCUT2D eigenvalue weighted by Crippen LogP contribution is 2.56. The monoisotopic (exact) mass is 608 g/mol. The number of nitrogens with zero attached hydrogens (tertiary/aromatic N) is 3. The maximum absolute atomic E-state index is 12.8. The minimum Gasteiger partial charge on any atom is -0.416 e. The van der Waals surface area contributed by atoms with Gasteiger partial charge in [0.25, 0.3) is 16.9 Å². The Balaban J connectivity index is 1.39. The Morgan fingerprint density at radius 1 is 0.689 bits per heavy atom. The summed E-state index contributed by atoms with van der Waals surface area (Å²) in [6, 6.07) is 46.8. The third-order valence-electron chi connectivity index (χ3n) is 9.41. The normalized spacial score (nSPS) is 17.6. The van der Waals surface area contributed by atoms with Gasteiger partial charge in [-0.3, -0.25) is 4.79 Å². The van der Waals surface area contributed by atoms with Crippen LogP contribution in [0.2, 0.25) is 0 Å². The fraction of sp³-hybridized carbons (Fsp3) is 0.179. The molecule has 1 fully saturated rings. The minimum atomic E-state index is -2.52. The zero-order valence-electron chi connectivity index (χ0n) is 25.3. The lowest BCUT2D eigenvalue weighted by atomic mass is 9.83. The first-order chi connectivity index (χ1) is 22.1. The molecular formula is C39H35N3O2P+. The Hall–Kier alpha value is -4.73. The Morgan fingerprint density at radius 2 is 1.29 bits per heavy atom. The highest BCUT2D eigenvalue weighted by Gasteiger charge is 2.54. The van der Waals surface area contributed by atoms with Gasteiger partial charge in [0.15, 0.2) is 7.26 Å². The summed E-state index contributed by atoms with van der Waals surface area (Å²) in [6.07, 6.45) is 1.07. The Bertz CT molecular complexity index is 1910. The summed E-state index contributed by atoms with van der Waals surface area (Å²) in [6.45, 7) is 4.41. The van der Waals surface area contributed by atoms with Crippen LogP contribution in [-0.4, -0.2) is 22.6 Å². The maximum atomic E-state index is 12.8. The molecule has 45 heavy (non-hydrogen) atoms. The first-order valence-electron chi connectivity index (χ1n) is 15.7. The predicted molar refractivity (Wildman–Crippen MR) is 185 cm³/mol. The van der Waals surface area contributed by atoms with E-state index < -0.39 is 7.26 Å². The van der Waals surface area contributed by atoms with Crippen molar-refractivity contribution in [2.24, 2.45) is 5.92 Å². The SMILES string of the molecule is Cc1ccc(-c2nc([P+](c3ccccc3)(c3ccccc3)c3ccccc3)c(N3CC4C[C@@H](C3)c3cccc(=O)n3C4)o2)cc1. The number of fused-ring (bicyclic) bond motifs is 4. The fourth-order valence-corrected chi connectivity index (χ4v) is 11.6. The lowest BCUT2D eigenvalue weighted by Crippen LogP contribution is -2.49. The van der Waals surface area contributed by atoms with Crippen molar-refractivity contribution in [1.82, 2.24) is 9.55 Å². The number of benzene rings is 4. The molecule has 0 spiro atoms. The number of rotatable bonds is 6. The topological polar surface area (TPSA) is 51.3 Å². The van der Waals surface area contributed by atoms with Gasteiger partial charge in [-0.1, -0.05) is 78.4 Å². The Labute approximate surface area is 264 Å². The Kier molecular flexibility index (Phi) is 6.99. The van der Waals surface area contributed by atoms with Gasteiger partial charge in [-0.05, 0) is 73.9 Å². The lowest BCUT2D eigenvalue weighted by molar-refractivity contribution is 0.275. The molecule has 6 heteroatoms. The molecular weight excluding hydrogens is 573 g/mol. The number of pyridine rings is 1. The van der Waals surface area contributed by atoms with Crippen LogP contribution in [0.25, 0.3) is 11.5 Å². The van der Waals surface area contributed by atoms with E-state index in [4.69, 9.17) is 9.40 Å². The van der Waals surface area contributed by atoms with E-state index in [1.807, 2.05) is 10.6 Å². The van der Waals surface area contributed by atoms with Gasteiger partial charge < -0.3 is 13.9 Å². The molecule has 0 N–H and O–H groups in total. The van der Waals surface area contributed by atoms with E-state index in [0.29, 0.717) is 11.8 Å². The molecule has 2 aliphatic heterocycles. The van der Waals surface area contributed by atoms with Gasteiger partial charge in [0.1, 0.15) is 15.9 Å². The number of aromatic nitrogens is 2. The molecule has 2 bridgehead atoms. The quantitative estimate of drug-likeness (QED) is 0.216. The van der Waals surface area contributed by atoms with Crippen LogP contribution >= 0.6 is 7.26 Å². The van der Waals surface area contributed by atoms with Gasteiger partial charge in [0.2, 0.25) is 5.89 Å². The summed E-state index contributed by atoms with van der Waals surface area (Å²) in [5.74, 6) is 2.07. The summed E-state index contributed by atoms with van der Waals surface area (Å²) < 4.78 is 8.99.